The Morgan fingerprint density at radius 1 is 1.33 bits per heavy atom. The number of rotatable bonds is 5. The van der Waals surface area contributed by atoms with Gasteiger partial charge in [-0.3, -0.25) is 4.79 Å². The Bertz CT molecular complexity index is 667. The molecular formula is C14H12ClNO3S2. The Kier molecular flexibility index (Phi) is 5.27. The van der Waals surface area contributed by atoms with E-state index in [0.717, 1.165) is 16.2 Å². The summed E-state index contributed by atoms with van der Waals surface area (Å²) in [6, 6.07) is 8.89. The second kappa shape index (κ2) is 6.98. The van der Waals surface area contributed by atoms with Crippen LogP contribution < -0.4 is 5.32 Å². The van der Waals surface area contributed by atoms with E-state index in [1.807, 2.05) is 12.1 Å². The van der Waals surface area contributed by atoms with Crippen LogP contribution in [0.3, 0.4) is 0 Å². The molecule has 1 aromatic heterocycles. The van der Waals surface area contributed by atoms with Gasteiger partial charge in [0, 0.05) is 9.92 Å². The minimum absolute atomic E-state index is 0.173. The minimum Gasteiger partial charge on any atom is -0.477 e. The summed E-state index contributed by atoms with van der Waals surface area (Å²) in [6.07, 6.45) is 0. The molecule has 2 N–H and O–H groups in total. The number of halogens is 1. The van der Waals surface area contributed by atoms with Crippen LogP contribution in [0.5, 0.6) is 0 Å². The van der Waals surface area contributed by atoms with Crippen molar-refractivity contribution in [3.05, 3.63) is 45.8 Å². The molecule has 0 saturated carbocycles. The van der Waals surface area contributed by atoms with Gasteiger partial charge in [-0.1, -0.05) is 11.6 Å². The second-order valence-corrected chi connectivity index (χ2v) is 6.76. The molecule has 0 atom stereocenters. The lowest BCUT2D eigenvalue weighted by molar-refractivity contribution is -0.113. The number of benzene rings is 1. The standard InChI is InChI=1S/C14H12ClNO3S2/c1-8-6-12(21-13(8)14(18)19)16-11(17)7-20-10-4-2-9(15)3-5-10/h2-6H,7H2,1H3,(H,16,17)(H,18,19). The summed E-state index contributed by atoms with van der Waals surface area (Å²) in [5, 5.41) is 12.9. The van der Waals surface area contributed by atoms with Gasteiger partial charge in [0.15, 0.2) is 0 Å². The van der Waals surface area contributed by atoms with Crippen molar-refractivity contribution in [2.45, 2.75) is 11.8 Å². The van der Waals surface area contributed by atoms with Crippen molar-refractivity contribution in [2.75, 3.05) is 11.1 Å². The molecule has 1 amide bonds. The number of aromatic carboxylic acids is 1. The number of thiophene rings is 1. The van der Waals surface area contributed by atoms with E-state index in [1.54, 1.807) is 25.1 Å². The van der Waals surface area contributed by atoms with Crippen molar-refractivity contribution >= 4 is 51.6 Å². The molecule has 1 heterocycles. The molecule has 110 valence electrons. The Morgan fingerprint density at radius 2 is 2.00 bits per heavy atom. The number of amides is 1. The molecule has 0 saturated heterocycles. The summed E-state index contributed by atoms with van der Waals surface area (Å²) < 4.78 is 0. The van der Waals surface area contributed by atoms with Crippen LogP contribution in [0.1, 0.15) is 15.2 Å². The van der Waals surface area contributed by atoms with Gasteiger partial charge in [0.1, 0.15) is 4.88 Å². The van der Waals surface area contributed by atoms with Crippen molar-refractivity contribution in [1.82, 2.24) is 0 Å². The number of anilines is 1. The van der Waals surface area contributed by atoms with E-state index in [1.165, 1.54) is 11.8 Å². The molecule has 1 aromatic carbocycles. The van der Waals surface area contributed by atoms with Gasteiger partial charge in [-0.15, -0.1) is 23.1 Å². The van der Waals surface area contributed by atoms with E-state index < -0.39 is 5.97 Å². The number of aryl methyl sites for hydroxylation is 1. The molecule has 7 heteroatoms. The third-order valence-corrected chi connectivity index (χ3v) is 4.96. The third kappa shape index (κ3) is 4.49. The number of hydrogen-bond donors (Lipinski definition) is 2. The smallest absolute Gasteiger partial charge is 0.346 e. The van der Waals surface area contributed by atoms with E-state index in [0.29, 0.717) is 15.6 Å². The maximum absolute atomic E-state index is 11.8. The number of thioether (sulfide) groups is 1. The van der Waals surface area contributed by atoms with Crippen molar-refractivity contribution in [1.29, 1.82) is 0 Å². The highest BCUT2D eigenvalue weighted by molar-refractivity contribution is 8.00. The number of carbonyl (C=O) groups is 2. The van der Waals surface area contributed by atoms with Crippen molar-refractivity contribution in [3.63, 3.8) is 0 Å². The Balaban J connectivity index is 1.91. The molecule has 0 aliphatic carbocycles. The molecule has 2 rings (SSSR count). The zero-order chi connectivity index (χ0) is 15.4. The molecular weight excluding hydrogens is 330 g/mol. The first kappa shape index (κ1) is 15.9. The predicted molar refractivity (Wildman–Crippen MR) is 86.8 cm³/mol. The first-order valence-electron chi connectivity index (χ1n) is 5.97. The van der Waals surface area contributed by atoms with Gasteiger partial charge in [-0.2, -0.15) is 0 Å². The second-order valence-electron chi connectivity index (χ2n) is 4.22. The molecule has 0 unspecified atom stereocenters. The topological polar surface area (TPSA) is 66.4 Å². The highest BCUT2D eigenvalue weighted by Crippen LogP contribution is 2.27. The summed E-state index contributed by atoms with van der Waals surface area (Å²) in [6.45, 7) is 1.71. The summed E-state index contributed by atoms with van der Waals surface area (Å²) in [4.78, 5) is 24.0. The van der Waals surface area contributed by atoms with Gasteiger partial charge < -0.3 is 10.4 Å². The predicted octanol–water partition coefficient (Wildman–Crippen LogP) is 4.14. The van der Waals surface area contributed by atoms with Crippen LogP contribution in [-0.4, -0.2) is 22.7 Å². The van der Waals surface area contributed by atoms with E-state index in [9.17, 15) is 9.59 Å². The molecule has 21 heavy (non-hydrogen) atoms. The molecule has 0 fully saturated rings. The largest absolute Gasteiger partial charge is 0.477 e. The van der Waals surface area contributed by atoms with E-state index >= 15 is 0 Å². The summed E-state index contributed by atoms with van der Waals surface area (Å²) >= 11 is 8.24. The van der Waals surface area contributed by atoms with Gasteiger partial charge in [0.05, 0.1) is 10.8 Å². The average molecular weight is 342 g/mol. The highest BCUT2D eigenvalue weighted by Gasteiger charge is 2.13. The van der Waals surface area contributed by atoms with Gasteiger partial charge in [0.25, 0.3) is 0 Å². The van der Waals surface area contributed by atoms with Gasteiger partial charge in [0.2, 0.25) is 5.91 Å². The maximum Gasteiger partial charge on any atom is 0.346 e. The minimum atomic E-state index is -0.978. The van der Waals surface area contributed by atoms with Crippen LogP contribution in [0.2, 0.25) is 5.02 Å². The van der Waals surface area contributed by atoms with E-state index in [4.69, 9.17) is 16.7 Å². The van der Waals surface area contributed by atoms with Gasteiger partial charge in [-0.25, -0.2) is 4.79 Å². The first-order chi connectivity index (χ1) is 9.95. The van der Waals surface area contributed by atoms with Crippen LogP contribution >= 0.6 is 34.7 Å². The zero-order valence-electron chi connectivity index (χ0n) is 11.1. The Labute approximate surface area is 135 Å². The molecule has 0 radical (unpaired) electrons. The van der Waals surface area contributed by atoms with Crippen molar-refractivity contribution in [3.8, 4) is 0 Å². The lowest BCUT2D eigenvalue weighted by atomic mass is 10.3. The average Bonchev–Trinajstić information content (AvgIpc) is 2.79. The lowest BCUT2D eigenvalue weighted by Crippen LogP contribution is -2.12. The van der Waals surface area contributed by atoms with Crippen LogP contribution in [0.25, 0.3) is 0 Å². The summed E-state index contributed by atoms with van der Waals surface area (Å²) in [5.41, 5.74) is 0.646. The maximum atomic E-state index is 11.8. The fourth-order valence-corrected chi connectivity index (χ4v) is 3.36. The molecule has 0 aliphatic rings. The van der Waals surface area contributed by atoms with Crippen LogP contribution in [0, 0.1) is 6.92 Å². The van der Waals surface area contributed by atoms with Gasteiger partial charge >= 0.3 is 5.97 Å². The quantitative estimate of drug-likeness (QED) is 0.802. The highest BCUT2D eigenvalue weighted by atomic mass is 35.5. The summed E-state index contributed by atoms with van der Waals surface area (Å²) in [7, 11) is 0. The third-order valence-electron chi connectivity index (χ3n) is 2.56. The Hall–Kier alpha value is -1.50. The molecule has 0 bridgehead atoms. The number of nitrogens with one attached hydrogen (secondary N) is 1. The fraction of sp³-hybridized carbons (Fsp3) is 0.143. The number of carbonyl (C=O) groups excluding carboxylic acids is 1. The van der Waals surface area contributed by atoms with Gasteiger partial charge in [-0.05, 0) is 42.8 Å². The summed E-state index contributed by atoms with van der Waals surface area (Å²) in [5.74, 6) is -0.900. The van der Waals surface area contributed by atoms with Crippen LogP contribution in [-0.2, 0) is 4.79 Å². The monoisotopic (exact) mass is 341 g/mol. The SMILES string of the molecule is Cc1cc(NC(=O)CSc2ccc(Cl)cc2)sc1C(=O)O. The van der Waals surface area contributed by atoms with E-state index in [-0.39, 0.29) is 16.5 Å². The fourth-order valence-electron chi connectivity index (χ4n) is 1.61. The number of carboxylic acids is 1. The normalized spacial score (nSPS) is 10.4. The number of hydrogen-bond acceptors (Lipinski definition) is 4. The molecule has 4 nitrogen and oxygen atoms in total. The van der Waals surface area contributed by atoms with Crippen LogP contribution in [0.4, 0.5) is 5.00 Å². The molecule has 0 spiro atoms. The zero-order valence-corrected chi connectivity index (χ0v) is 13.4. The lowest BCUT2D eigenvalue weighted by Gasteiger charge is -2.02. The Morgan fingerprint density at radius 3 is 2.57 bits per heavy atom. The number of carboxylic acid groups (broad SMARTS) is 1. The first-order valence-corrected chi connectivity index (χ1v) is 8.15. The van der Waals surface area contributed by atoms with E-state index in [2.05, 4.69) is 5.32 Å². The van der Waals surface area contributed by atoms with Crippen molar-refractivity contribution in [2.24, 2.45) is 0 Å². The van der Waals surface area contributed by atoms with Crippen molar-refractivity contribution < 1.29 is 14.7 Å². The molecule has 2 aromatic rings. The molecule has 0 aliphatic heterocycles. The van der Waals surface area contributed by atoms with Crippen LogP contribution in [0.15, 0.2) is 35.2 Å².